The maximum Gasteiger partial charge on any atom is 0.258 e. The minimum Gasteiger partial charge on any atom is -0.483 e. The van der Waals surface area contributed by atoms with E-state index in [-0.39, 0.29) is 23.5 Å². The number of ether oxygens (including phenoxy) is 1. The number of carbonyl (C=O) groups is 1. The fraction of sp³-hybridized carbons (Fsp3) is 0.316. The number of hydrogen-bond acceptors (Lipinski definition) is 4. The van der Waals surface area contributed by atoms with Crippen LogP contribution in [0.3, 0.4) is 0 Å². The summed E-state index contributed by atoms with van der Waals surface area (Å²) in [5.41, 5.74) is 1.88. The molecule has 0 radical (unpaired) electrons. The number of carbonyl (C=O) groups excluding carboxylic acids is 1. The third-order valence-corrected chi connectivity index (χ3v) is 5.03. The van der Waals surface area contributed by atoms with E-state index in [1.165, 1.54) is 6.26 Å². The van der Waals surface area contributed by atoms with Crippen LogP contribution in [0.4, 0.5) is 0 Å². The fourth-order valence-corrected chi connectivity index (χ4v) is 3.08. The van der Waals surface area contributed by atoms with E-state index in [1.54, 1.807) is 24.3 Å². The van der Waals surface area contributed by atoms with Gasteiger partial charge in [0, 0.05) is 6.26 Å². The molecule has 0 bridgehead atoms. The van der Waals surface area contributed by atoms with Crippen LogP contribution in [0.1, 0.15) is 31.0 Å². The Labute approximate surface area is 148 Å². The Morgan fingerprint density at radius 1 is 1.12 bits per heavy atom. The molecule has 0 saturated heterocycles. The largest absolute Gasteiger partial charge is 0.483 e. The standard InChI is InChI=1S/C19H23NO4S/c1-4-15-7-5-6-8-18(15)24-13-19(21)20-14(2)16-9-11-17(12-10-16)25(3,22)23/h5-12,14H,4,13H2,1-3H3,(H,20,21). The number of rotatable bonds is 7. The van der Waals surface area contributed by atoms with Gasteiger partial charge < -0.3 is 10.1 Å². The lowest BCUT2D eigenvalue weighted by molar-refractivity contribution is -0.123. The zero-order valence-electron chi connectivity index (χ0n) is 14.7. The van der Waals surface area contributed by atoms with Crippen molar-refractivity contribution in [1.29, 1.82) is 0 Å². The normalized spacial score (nSPS) is 12.4. The second kappa shape index (κ2) is 8.16. The third-order valence-electron chi connectivity index (χ3n) is 3.90. The highest BCUT2D eigenvalue weighted by Gasteiger charge is 2.12. The molecule has 1 unspecified atom stereocenters. The number of aryl methyl sites for hydroxylation is 1. The quantitative estimate of drug-likeness (QED) is 0.823. The average molecular weight is 361 g/mol. The predicted molar refractivity (Wildman–Crippen MR) is 97.4 cm³/mol. The highest BCUT2D eigenvalue weighted by molar-refractivity contribution is 7.90. The van der Waals surface area contributed by atoms with E-state index >= 15 is 0 Å². The maximum absolute atomic E-state index is 12.1. The second-order valence-electron chi connectivity index (χ2n) is 5.88. The van der Waals surface area contributed by atoms with Crippen molar-refractivity contribution in [3.8, 4) is 5.75 Å². The van der Waals surface area contributed by atoms with Gasteiger partial charge in [-0.25, -0.2) is 8.42 Å². The van der Waals surface area contributed by atoms with Crippen molar-refractivity contribution in [2.75, 3.05) is 12.9 Å². The van der Waals surface area contributed by atoms with Gasteiger partial charge in [-0.2, -0.15) is 0 Å². The van der Waals surface area contributed by atoms with Crippen molar-refractivity contribution in [2.45, 2.75) is 31.2 Å². The molecule has 1 N–H and O–H groups in total. The molecule has 0 aliphatic carbocycles. The van der Waals surface area contributed by atoms with Crippen molar-refractivity contribution in [3.05, 3.63) is 59.7 Å². The molecule has 0 aliphatic heterocycles. The van der Waals surface area contributed by atoms with Gasteiger partial charge in [0.15, 0.2) is 16.4 Å². The van der Waals surface area contributed by atoms with E-state index in [0.717, 1.165) is 17.5 Å². The first-order chi connectivity index (χ1) is 11.8. The number of sulfone groups is 1. The summed E-state index contributed by atoms with van der Waals surface area (Å²) in [6.07, 6.45) is 2.00. The lowest BCUT2D eigenvalue weighted by Crippen LogP contribution is -2.31. The van der Waals surface area contributed by atoms with Crippen LogP contribution in [0.5, 0.6) is 5.75 Å². The van der Waals surface area contributed by atoms with Crippen LogP contribution >= 0.6 is 0 Å². The Balaban J connectivity index is 1.93. The van der Waals surface area contributed by atoms with Crippen LogP contribution in [-0.4, -0.2) is 27.2 Å². The van der Waals surface area contributed by atoms with Crippen LogP contribution in [0, 0.1) is 0 Å². The molecule has 1 amide bonds. The number of hydrogen-bond donors (Lipinski definition) is 1. The molecule has 0 spiro atoms. The van der Waals surface area contributed by atoms with E-state index in [0.29, 0.717) is 5.75 Å². The molecular weight excluding hydrogens is 338 g/mol. The molecule has 134 valence electrons. The van der Waals surface area contributed by atoms with Gasteiger partial charge in [-0.05, 0) is 42.7 Å². The molecule has 0 saturated carbocycles. The summed E-state index contributed by atoms with van der Waals surface area (Å²) in [7, 11) is -3.22. The summed E-state index contributed by atoms with van der Waals surface area (Å²) in [5, 5.41) is 2.85. The van der Waals surface area contributed by atoms with E-state index in [4.69, 9.17) is 4.74 Å². The van der Waals surface area contributed by atoms with Crippen molar-refractivity contribution in [2.24, 2.45) is 0 Å². The second-order valence-corrected chi connectivity index (χ2v) is 7.90. The Kier molecular flexibility index (Phi) is 6.20. The van der Waals surface area contributed by atoms with Crippen LogP contribution in [-0.2, 0) is 21.1 Å². The van der Waals surface area contributed by atoms with Gasteiger partial charge in [-0.15, -0.1) is 0 Å². The lowest BCUT2D eigenvalue weighted by Gasteiger charge is -2.16. The smallest absolute Gasteiger partial charge is 0.258 e. The highest BCUT2D eigenvalue weighted by atomic mass is 32.2. The molecule has 1 atom stereocenters. The summed E-state index contributed by atoms with van der Waals surface area (Å²) in [5.74, 6) is 0.482. The highest BCUT2D eigenvalue weighted by Crippen LogP contribution is 2.19. The van der Waals surface area contributed by atoms with Gasteiger partial charge in [0.25, 0.3) is 5.91 Å². The van der Waals surface area contributed by atoms with Crippen molar-refractivity contribution in [3.63, 3.8) is 0 Å². The molecule has 25 heavy (non-hydrogen) atoms. The van der Waals surface area contributed by atoms with Gasteiger partial charge in [0.1, 0.15) is 5.75 Å². The van der Waals surface area contributed by atoms with E-state index in [1.807, 2.05) is 38.1 Å². The Morgan fingerprint density at radius 3 is 2.36 bits per heavy atom. The summed E-state index contributed by atoms with van der Waals surface area (Å²) in [4.78, 5) is 12.4. The van der Waals surface area contributed by atoms with Gasteiger partial charge >= 0.3 is 0 Å². The van der Waals surface area contributed by atoms with Gasteiger partial charge in [-0.3, -0.25) is 4.79 Å². The number of para-hydroxylation sites is 1. The summed E-state index contributed by atoms with van der Waals surface area (Å²) < 4.78 is 28.6. The first kappa shape index (κ1) is 19.0. The summed E-state index contributed by atoms with van der Waals surface area (Å²) in [6.45, 7) is 3.81. The maximum atomic E-state index is 12.1. The SMILES string of the molecule is CCc1ccccc1OCC(=O)NC(C)c1ccc(S(C)(=O)=O)cc1. The summed E-state index contributed by atoms with van der Waals surface area (Å²) in [6, 6.07) is 13.9. The molecule has 0 aromatic heterocycles. The van der Waals surface area contributed by atoms with Crippen molar-refractivity contribution >= 4 is 15.7 Å². The Morgan fingerprint density at radius 2 is 1.76 bits per heavy atom. The third kappa shape index (κ3) is 5.32. The topological polar surface area (TPSA) is 72.5 Å². The molecule has 6 heteroatoms. The monoisotopic (exact) mass is 361 g/mol. The zero-order valence-corrected chi connectivity index (χ0v) is 15.5. The lowest BCUT2D eigenvalue weighted by atomic mass is 10.1. The van der Waals surface area contributed by atoms with Crippen molar-refractivity contribution < 1.29 is 17.9 Å². The summed E-state index contributed by atoms with van der Waals surface area (Å²) >= 11 is 0. The zero-order chi connectivity index (χ0) is 18.4. The first-order valence-electron chi connectivity index (χ1n) is 8.11. The number of nitrogens with one attached hydrogen (secondary N) is 1. The van der Waals surface area contributed by atoms with E-state index < -0.39 is 9.84 Å². The molecule has 2 aromatic carbocycles. The molecule has 0 aliphatic rings. The molecule has 0 fully saturated rings. The van der Waals surface area contributed by atoms with Crippen LogP contribution in [0.25, 0.3) is 0 Å². The number of amides is 1. The molecular formula is C19H23NO4S. The van der Waals surface area contributed by atoms with Gasteiger partial charge in [0.05, 0.1) is 10.9 Å². The van der Waals surface area contributed by atoms with Crippen LogP contribution in [0.2, 0.25) is 0 Å². The minimum absolute atomic E-state index is 0.0667. The van der Waals surface area contributed by atoms with E-state index in [9.17, 15) is 13.2 Å². The number of benzene rings is 2. The van der Waals surface area contributed by atoms with Gasteiger partial charge in [0.2, 0.25) is 0 Å². The molecule has 0 heterocycles. The Bertz CT molecular complexity index is 829. The van der Waals surface area contributed by atoms with E-state index in [2.05, 4.69) is 5.32 Å². The van der Waals surface area contributed by atoms with Crippen molar-refractivity contribution in [1.82, 2.24) is 5.32 Å². The predicted octanol–water partition coefficient (Wildman–Crippen LogP) is 2.91. The first-order valence-corrected chi connectivity index (χ1v) is 10.0. The average Bonchev–Trinajstić information content (AvgIpc) is 2.59. The molecule has 2 rings (SSSR count). The molecule has 2 aromatic rings. The minimum atomic E-state index is -3.22. The Hall–Kier alpha value is -2.34. The van der Waals surface area contributed by atoms with Gasteiger partial charge in [-0.1, -0.05) is 37.3 Å². The molecule has 5 nitrogen and oxygen atoms in total. The fourth-order valence-electron chi connectivity index (χ4n) is 2.45. The van der Waals surface area contributed by atoms with Crippen LogP contribution in [0.15, 0.2) is 53.4 Å². The van der Waals surface area contributed by atoms with Crippen LogP contribution < -0.4 is 10.1 Å².